The predicted molar refractivity (Wildman–Crippen MR) is 104 cm³/mol. The highest BCUT2D eigenvalue weighted by Gasteiger charge is 2.21. The Labute approximate surface area is 165 Å². The number of aromatic nitrogens is 4. The molecular weight excluding hydrogens is 389 g/mol. The smallest absolute Gasteiger partial charge is 0.237 e. The summed E-state index contributed by atoms with van der Waals surface area (Å²) in [4.78, 5) is 12.4. The first-order chi connectivity index (χ1) is 12.8. The number of hydrogen-bond donors (Lipinski definition) is 1. The summed E-state index contributed by atoms with van der Waals surface area (Å²) < 4.78 is 15.5. The zero-order valence-corrected chi connectivity index (χ0v) is 16.5. The third kappa shape index (κ3) is 4.45. The lowest BCUT2D eigenvalue weighted by molar-refractivity contribution is -0.115. The monoisotopic (exact) mass is 405 g/mol. The van der Waals surface area contributed by atoms with Crippen molar-refractivity contribution in [3.8, 4) is 5.69 Å². The van der Waals surface area contributed by atoms with E-state index >= 15 is 0 Å². The number of benzene rings is 2. The van der Waals surface area contributed by atoms with Gasteiger partial charge in [-0.2, -0.15) is 4.68 Å². The van der Waals surface area contributed by atoms with Crippen LogP contribution in [0.3, 0.4) is 0 Å². The summed E-state index contributed by atoms with van der Waals surface area (Å²) in [6.07, 6.45) is 0. The van der Waals surface area contributed by atoms with Crippen molar-refractivity contribution in [2.45, 2.75) is 31.2 Å². The molecule has 0 aliphatic rings. The molecule has 2 aromatic carbocycles. The number of nitrogens with one attached hydrogen (secondary N) is 1. The van der Waals surface area contributed by atoms with Gasteiger partial charge >= 0.3 is 0 Å². The Kier molecular flexibility index (Phi) is 5.76. The lowest BCUT2D eigenvalue weighted by Crippen LogP contribution is -2.23. The molecule has 1 atom stereocenters. The van der Waals surface area contributed by atoms with E-state index in [4.69, 9.17) is 11.6 Å². The molecule has 0 aliphatic carbocycles. The predicted octanol–water partition coefficient (Wildman–Crippen LogP) is 4.19. The molecule has 0 spiro atoms. The summed E-state index contributed by atoms with van der Waals surface area (Å²) in [6, 6.07) is 10.1. The molecule has 3 rings (SSSR count). The van der Waals surface area contributed by atoms with Crippen molar-refractivity contribution < 1.29 is 9.18 Å². The van der Waals surface area contributed by atoms with Crippen LogP contribution in [-0.2, 0) is 4.79 Å². The molecule has 0 radical (unpaired) electrons. The topological polar surface area (TPSA) is 72.7 Å². The molecule has 0 fully saturated rings. The van der Waals surface area contributed by atoms with Crippen LogP contribution in [0.5, 0.6) is 0 Å². The van der Waals surface area contributed by atoms with E-state index in [1.54, 1.807) is 11.6 Å². The van der Waals surface area contributed by atoms with Gasteiger partial charge in [0.25, 0.3) is 0 Å². The van der Waals surface area contributed by atoms with Crippen LogP contribution in [0.4, 0.5) is 10.1 Å². The van der Waals surface area contributed by atoms with Crippen molar-refractivity contribution in [2.75, 3.05) is 5.32 Å². The highest BCUT2D eigenvalue weighted by atomic mass is 35.5. The van der Waals surface area contributed by atoms with Crippen LogP contribution < -0.4 is 5.32 Å². The average Bonchev–Trinajstić information content (AvgIpc) is 3.07. The molecule has 1 amide bonds. The molecule has 140 valence electrons. The second kappa shape index (κ2) is 8.06. The van der Waals surface area contributed by atoms with Crippen LogP contribution >= 0.6 is 23.4 Å². The van der Waals surface area contributed by atoms with Crippen LogP contribution in [0.25, 0.3) is 5.69 Å². The Morgan fingerprint density at radius 2 is 2.04 bits per heavy atom. The van der Waals surface area contributed by atoms with Gasteiger partial charge in [0.1, 0.15) is 5.82 Å². The fourth-order valence-electron chi connectivity index (χ4n) is 2.39. The van der Waals surface area contributed by atoms with Gasteiger partial charge in [0.15, 0.2) is 0 Å². The van der Waals surface area contributed by atoms with E-state index in [1.165, 1.54) is 23.9 Å². The fourth-order valence-corrected chi connectivity index (χ4v) is 3.35. The summed E-state index contributed by atoms with van der Waals surface area (Å²) in [6.45, 7) is 5.65. The Morgan fingerprint density at radius 1 is 1.26 bits per heavy atom. The molecule has 0 bridgehead atoms. The minimum Gasteiger partial charge on any atom is -0.323 e. The van der Waals surface area contributed by atoms with Gasteiger partial charge in [-0.05, 0) is 66.6 Å². The maximum atomic E-state index is 13.9. The first kappa shape index (κ1) is 19.3. The second-order valence-corrected chi connectivity index (χ2v) is 7.78. The number of nitrogens with zero attached hydrogens (tertiary/aromatic N) is 4. The third-order valence-corrected chi connectivity index (χ3v) is 5.14. The number of anilines is 1. The van der Waals surface area contributed by atoms with E-state index in [2.05, 4.69) is 20.8 Å². The fraction of sp³-hybridized carbons (Fsp3) is 0.222. The van der Waals surface area contributed by atoms with Crippen LogP contribution in [0.1, 0.15) is 18.1 Å². The minimum atomic E-state index is -0.590. The Bertz CT molecular complexity index is 994. The molecule has 9 heteroatoms. The Morgan fingerprint density at radius 3 is 2.78 bits per heavy atom. The molecule has 1 N–H and O–H groups in total. The minimum absolute atomic E-state index is 0.0750. The second-order valence-electron chi connectivity index (χ2n) is 6.04. The molecule has 0 saturated heterocycles. The summed E-state index contributed by atoms with van der Waals surface area (Å²) >= 11 is 6.92. The van der Waals surface area contributed by atoms with Gasteiger partial charge in [-0.25, -0.2) is 4.39 Å². The van der Waals surface area contributed by atoms with Crippen molar-refractivity contribution in [2.24, 2.45) is 0 Å². The van der Waals surface area contributed by atoms with Gasteiger partial charge < -0.3 is 5.32 Å². The summed E-state index contributed by atoms with van der Waals surface area (Å²) in [5, 5.41) is 14.5. The van der Waals surface area contributed by atoms with Crippen molar-refractivity contribution in [3.63, 3.8) is 0 Å². The summed E-state index contributed by atoms with van der Waals surface area (Å²) in [7, 11) is 0. The number of carbonyl (C=O) groups is 1. The van der Waals surface area contributed by atoms with Crippen molar-refractivity contribution in [1.82, 2.24) is 20.2 Å². The quantitative estimate of drug-likeness (QED) is 0.644. The van der Waals surface area contributed by atoms with E-state index in [0.29, 0.717) is 5.16 Å². The first-order valence-corrected chi connectivity index (χ1v) is 9.39. The summed E-state index contributed by atoms with van der Waals surface area (Å²) in [5.74, 6) is -0.954. The average molecular weight is 406 g/mol. The van der Waals surface area contributed by atoms with E-state index < -0.39 is 11.1 Å². The van der Waals surface area contributed by atoms with Gasteiger partial charge in [0, 0.05) is 5.02 Å². The maximum Gasteiger partial charge on any atom is 0.237 e. The van der Waals surface area contributed by atoms with E-state index in [0.717, 1.165) is 22.9 Å². The Balaban J connectivity index is 1.77. The number of halogens is 2. The van der Waals surface area contributed by atoms with Crippen molar-refractivity contribution in [1.29, 1.82) is 0 Å². The lowest BCUT2D eigenvalue weighted by atomic mass is 10.1. The zero-order valence-electron chi connectivity index (χ0n) is 14.9. The number of aryl methyl sites for hydroxylation is 2. The standard InChI is InChI=1S/C18H17ClFN5OS/c1-10-4-5-11(2)16(8-10)25-18(22-23-24-25)27-12(3)17(26)21-15-7-6-13(19)9-14(15)20/h4-9,12H,1-3H3,(H,21,26)/t12-/m1/s1. The van der Waals surface area contributed by atoms with Crippen molar-refractivity contribution in [3.05, 3.63) is 58.4 Å². The van der Waals surface area contributed by atoms with Crippen LogP contribution in [0, 0.1) is 19.7 Å². The number of amides is 1. The molecule has 3 aromatic rings. The van der Waals surface area contributed by atoms with Gasteiger partial charge in [-0.3, -0.25) is 4.79 Å². The third-order valence-electron chi connectivity index (χ3n) is 3.87. The van der Waals surface area contributed by atoms with Crippen LogP contribution in [-0.4, -0.2) is 31.4 Å². The van der Waals surface area contributed by atoms with Gasteiger partial charge in [-0.1, -0.05) is 35.5 Å². The summed E-state index contributed by atoms with van der Waals surface area (Å²) in [5.41, 5.74) is 3.01. The van der Waals surface area contributed by atoms with Crippen molar-refractivity contribution >= 4 is 35.0 Å². The van der Waals surface area contributed by atoms with E-state index in [1.807, 2.05) is 32.0 Å². The lowest BCUT2D eigenvalue weighted by Gasteiger charge is -2.13. The molecular formula is C18H17ClFN5OS. The number of hydrogen-bond acceptors (Lipinski definition) is 5. The molecule has 27 heavy (non-hydrogen) atoms. The highest BCUT2D eigenvalue weighted by molar-refractivity contribution is 8.00. The molecule has 1 heterocycles. The number of thioether (sulfide) groups is 1. The van der Waals surface area contributed by atoms with E-state index in [9.17, 15) is 9.18 Å². The molecule has 0 unspecified atom stereocenters. The van der Waals surface area contributed by atoms with Gasteiger partial charge in [-0.15, -0.1) is 5.10 Å². The van der Waals surface area contributed by atoms with Gasteiger partial charge in [0.2, 0.25) is 11.1 Å². The maximum absolute atomic E-state index is 13.9. The zero-order chi connectivity index (χ0) is 19.6. The molecule has 1 aromatic heterocycles. The SMILES string of the molecule is Cc1ccc(C)c(-n2nnnc2S[C@H](C)C(=O)Nc2ccc(Cl)cc2F)c1. The number of tetrazole rings is 1. The first-order valence-electron chi connectivity index (χ1n) is 8.13. The van der Waals surface area contributed by atoms with Crippen LogP contribution in [0.2, 0.25) is 5.02 Å². The molecule has 0 saturated carbocycles. The normalized spacial score (nSPS) is 12.0. The molecule has 6 nitrogen and oxygen atoms in total. The highest BCUT2D eigenvalue weighted by Crippen LogP contribution is 2.26. The largest absolute Gasteiger partial charge is 0.323 e. The van der Waals surface area contributed by atoms with E-state index in [-0.39, 0.29) is 16.6 Å². The van der Waals surface area contributed by atoms with Gasteiger partial charge in [0.05, 0.1) is 16.6 Å². The number of rotatable bonds is 5. The number of carbonyl (C=O) groups excluding carboxylic acids is 1. The van der Waals surface area contributed by atoms with Crippen LogP contribution in [0.15, 0.2) is 41.6 Å². The Hall–Kier alpha value is -2.45. The molecule has 0 aliphatic heterocycles.